The molecule has 0 N–H and O–H groups in total. The van der Waals surface area contributed by atoms with Gasteiger partial charge in [0.15, 0.2) is 0 Å². The van der Waals surface area contributed by atoms with E-state index in [0.717, 1.165) is 47.5 Å². The molecule has 0 spiro atoms. The molecular weight excluding hydrogens is 306 g/mol. The summed E-state index contributed by atoms with van der Waals surface area (Å²) in [6.07, 6.45) is 3.89. The van der Waals surface area contributed by atoms with Gasteiger partial charge in [0.1, 0.15) is 5.78 Å². The maximum atomic E-state index is 12.5. The normalized spacial score (nSPS) is 14.7. The molecule has 0 atom stereocenters. The number of amides is 1. The number of thiophene rings is 1. The maximum absolute atomic E-state index is 12.5. The smallest absolute Gasteiger partial charge is 0.254 e. The molecule has 0 aliphatic carbocycles. The van der Waals surface area contributed by atoms with E-state index in [9.17, 15) is 9.59 Å². The second-order valence-corrected chi connectivity index (χ2v) is 7.04. The van der Waals surface area contributed by atoms with Crippen LogP contribution in [0, 0.1) is 0 Å². The Kier molecular flexibility index (Phi) is 4.91. The average Bonchev–Trinajstić information content (AvgIpc) is 3.04. The Labute approximate surface area is 140 Å². The molecule has 1 amide bonds. The molecule has 0 saturated carbocycles. The summed E-state index contributed by atoms with van der Waals surface area (Å²) in [6.45, 7) is 3.35. The van der Waals surface area contributed by atoms with Gasteiger partial charge in [0.2, 0.25) is 0 Å². The number of likely N-dealkylation sites (tertiary alicyclic amines) is 1. The second kappa shape index (κ2) is 7.09. The molecule has 3 rings (SSSR count). The molecule has 1 aromatic heterocycles. The van der Waals surface area contributed by atoms with Crippen LogP contribution in [0.2, 0.25) is 0 Å². The van der Waals surface area contributed by atoms with Gasteiger partial charge in [0.05, 0.1) is 5.56 Å². The minimum Gasteiger partial charge on any atom is -0.339 e. The molecule has 0 radical (unpaired) electrons. The molecule has 2 aromatic rings. The molecular formula is C19H21NO2S. The van der Waals surface area contributed by atoms with Gasteiger partial charge in [-0.1, -0.05) is 18.2 Å². The number of ketones is 1. The number of Topliss-reactive ketones (excluding diaryl/α,β-unsaturated/α-hetero) is 1. The van der Waals surface area contributed by atoms with E-state index < -0.39 is 0 Å². The van der Waals surface area contributed by atoms with Gasteiger partial charge in [0, 0.05) is 29.8 Å². The van der Waals surface area contributed by atoms with Crippen LogP contribution in [0.3, 0.4) is 0 Å². The van der Waals surface area contributed by atoms with Crippen LogP contribution in [0.25, 0.3) is 10.4 Å². The molecule has 0 bridgehead atoms. The van der Waals surface area contributed by atoms with Gasteiger partial charge < -0.3 is 4.90 Å². The third-order valence-corrected chi connectivity index (χ3v) is 5.13. The zero-order valence-electron chi connectivity index (χ0n) is 13.4. The molecule has 2 heterocycles. The van der Waals surface area contributed by atoms with Crippen molar-refractivity contribution < 1.29 is 9.59 Å². The Hall–Kier alpha value is -1.94. The number of hydrogen-bond acceptors (Lipinski definition) is 3. The molecule has 1 fully saturated rings. The largest absolute Gasteiger partial charge is 0.339 e. The van der Waals surface area contributed by atoms with Crippen molar-refractivity contribution in [3.8, 4) is 10.4 Å². The predicted octanol–water partition coefficient (Wildman–Crippen LogP) is 4.17. The van der Waals surface area contributed by atoms with E-state index in [1.807, 2.05) is 40.6 Å². The fourth-order valence-electron chi connectivity index (χ4n) is 3.00. The first kappa shape index (κ1) is 15.9. The van der Waals surface area contributed by atoms with Crippen LogP contribution in [0.5, 0.6) is 0 Å². The van der Waals surface area contributed by atoms with Crippen molar-refractivity contribution in [3.05, 3.63) is 46.8 Å². The SMILES string of the molecule is CC(=O)Cc1cccc(-c2cc(C(=O)N3CCCCC3)cs2)c1. The van der Waals surface area contributed by atoms with E-state index in [2.05, 4.69) is 0 Å². The van der Waals surface area contributed by atoms with Crippen molar-refractivity contribution in [2.24, 2.45) is 0 Å². The topological polar surface area (TPSA) is 37.4 Å². The lowest BCUT2D eigenvalue weighted by Crippen LogP contribution is -2.35. The van der Waals surface area contributed by atoms with Crippen LogP contribution in [0.15, 0.2) is 35.7 Å². The van der Waals surface area contributed by atoms with Crippen LogP contribution in [0.1, 0.15) is 42.1 Å². The van der Waals surface area contributed by atoms with Gasteiger partial charge in [-0.3, -0.25) is 9.59 Å². The lowest BCUT2D eigenvalue weighted by molar-refractivity contribution is -0.116. The fourth-order valence-corrected chi connectivity index (χ4v) is 3.88. The first-order chi connectivity index (χ1) is 11.1. The minimum atomic E-state index is 0.145. The number of carbonyl (C=O) groups is 2. The third-order valence-electron chi connectivity index (χ3n) is 4.15. The van der Waals surface area contributed by atoms with Crippen molar-refractivity contribution in [1.82, 2.24) is 4.90 Å². The number of benzene rings is 1. The summed E-state index contributed by atoms with van der Waals surface area (Å²) in [7, 11) is 0. The monoisotopic (exact) mass is 327 g/mol. The second-order valence-electron chi connectivity index (χ2n) is 6.13. The van der Waals surface area contributed by atoms with Gasteiger partial charge in [-0.05, 0) is 49.4 Å². The molecule has 1 saturated heterocycles. The Morgan fingerprint density at radius 1 is 1.13 bits per heavy atom. The number of nitrogens with zero attached hydrogens (tertiary/aromatic N) is 1. The van der Waals surface area contributed by atoms with E-state index in [-0.39, 0.29) is 11.7 Å². The molecule has 23 heavy (non-hydrogen) atoms. The Balaban J connectivity index is 1.78. The van der Waals surface area contributed by atoms with E-state index in [1.165, 1.54) is 6.42 Å². The summed E-state index contributed by atoms with van der Waals surface area (Å²) < 4.78 is 0. The van der Waals surface area contributed by atoms with Crippen molar-refractivity contribution in [3.63, 3.8) is 0 Å². The summed E-state index contributed by atoms with van der Waals surface area (Å²) in [4.78, 5) is 26.9. The molecule has 1 aromatic carbocycles. The highest BCUT2D eigenvalue weighted by Crippen LogP contribution is 2.29. The zero-order chi connectivity index (χ0) is 16.2. The van der Waals surface area contributed by atoms with Gasteiger partial charge >= 0.3 is 0 Å². The van der Waals surface area contributed by atoms with Crippen molar-refractivity contribution in [2.45, 2.75) is 32.6 Å². The molecule has 0 unspecified atom stereocenters. The summed E-state index contributed by atoms with van der Waals surface area (Å²) >= 11 is 1.59. The summed E-state index contributed by atoms with van der Waals surface area (Å²) in [6, 6.07) is 10.00. The number of piperidine rings is 1. The quantitative estimate of drug-likeness (QED) is 0.845. The summed E-state index contributed by atoms with van der Waals surface area (Å²) in [5, 5.41) is 1.95. The van der Waals surface area contributed by atoms with Gasteiger partial charge in [0.25, 0.3) is 5.91 Å². The van der Waals surface area contributed by atoms with E-state index in [1.54, 1.807) is 18.3 Å². The van der Waals surface area contributed by atoms with E-state index in [4.69, 9.17) is 0 Å². The van der Waals surface area contributed by atoms with Crippen molar-refractivity contribution in [1.29, 1.82) is 0 Å². The zero-order valence-corrected chi connectivity index (χ0v) is 14.2. The highest BCUT2D eigenvalue weighted by atomic mass is 32.1. The van der Waals surface area contributed by atoms with Gasteiger partial charge in [-0.15, -0.1) is 11.3 Å². The first-order valence-corrected chi connectivity index (χ1v) is 8.98. The molecule has 3 nitrogen and oxygen atoms in total. The Morgan fingerprint density at radius 2 is 1.91 bits per heavy atom. The summed E-state index contributed by atoms with van der Waals surface area (Å²) in [5.41, 5.74) is 2.88. The lowest BCUT2D eigenvalue weighted by atomic mass is 10.0. The fraction of sp³-hybridized carbons (Fsp3) is 0.368. The van der Waals surface area contributed by atoms with Crippen LogP contribution in [-0.2, 0) is 11.2 Å². The Morgan fingerprint density at radius 3 is 2.65 bits per heavy atom. The number of hydrogen-bond donors (Lipinski definition) is 0. The summed E-state index contributed by atoms with van der Waals surface area (Å²) in [5.74, 6) is 0.307. The first-order valence-electron chi connectivity index (χ1n) is 8.10. The third kappa shape index (κ3) is 3.88. The standard InChI is InChI=1S/C19H21NO2S/c1-14(21)10-15-6-5-7-16(11-15)18-12-17(13-23-18)19(22)20-8-3-2-4-9-20/h5-7,11-13H,2-4,8-10H2,1H3. The van der Waals surface area contributed by atoms with Crippen LogP contribution in [-0.4, -0.2) is 29.7 Å². The van der Waals surface area contributed by atoms with Crippen LogP contribution in [0.4, 0.5) is 0 Å². The molecule has 4 heteroatoms. The average molecular weight is 327 g/mol. The maximum Gasteiger partial charge on any atom is 0.254 e. The highest BCUT2D eigenvalue weighted by molar-refractivity contribution is 7.13. The molecule has 120 valence electrons. The Bertz CT molecular complexity index is 714. The highest BCUT2D eigenvalue weighted by Gasteiger charge is 2.19. The van der Waals surface area contributed by atoms with Crippen molar-refractivity contribution >= 4 is 23.0 Å². The van der Waals surface area contributed by atoms with Crippen molar-refractivity contribution in [2.75, 3.05) is 13.1 Å². The van der Waals surface area contributed by atoms with E-state index in [0.29, 0.717) is 6.42 Å². The molecule has 1 aliphatic heterocycles. The van der Waals surface area contributed by atoms with Crippen LogP contribution >= 0.6 is 11.3 Å². The minimum absolute atomic E-state index is 0.145. The van der Waals surface area contributed by atoms with Crippen LogP contribution < -0.4 is 0 Å². The van der Waals surface area contributed by atoms with Gasteiger partial charge in [-0.2, -0.15) is 0 Å². The predicted molar refractivity (Wildman–Crippen MR) is 93.9 cm³/mol. The van der Waals surface area contributed by atoms with Gasteiger partial charge in [-0.25, -0.2) is 0 Å². The molecule has 1 aliphatic rings. The number of rotatable bonds is 4. The van der Waals surface area contributed by atoms with E-state index >= 15 is 0 Å². The number of carbonyl (C=O) groups excluding carboxylic acids is 2. The lowest BCUT2D eigenvalue weighted by Gasteiger charge is -2.26.